The van der Waals surface area contributed by atoms with E-state index in [0.29, 0.717) is 0 Å². The van der Waals surface area contributed by atoms with Gasteiger partial charge in [-0.25, -0.2) is 0 Å². The molecule has 0 aliphatic heterocycles. The first-order valence-corrected chi connectivity index (χ1v) is 5.34. The summed E-state index contributed by atoms with van der Waals surface area (Å²) in [5, 5.41) is 0.752. The quantitative estimate of drug-likeness (QED) is 0.663. The highest BCUT2D eigenvalue weighted by Crippen LogP contribution is 2.31. The van der Waals surface area contributed by atoms with Crippen LogP contribution in [0.4, 0.5) is 0 Å². The summed E-state index contributed by atoms with van der Waals surface area (Å²) in [5.41, 5.74) is 1.12. The normalized spacial score (nSPS) is 10.3. The molecule has 0 amide bonds. The summed E-state index contributed by atoms with van der Waals surface area (Å²) in [7, 11) is 0. The monoisotopic (exact) mass is 228 g/mol. The first kappa shape index (κ1) is 9.07. The third-order valence-corrected chi connectivity index (χ3v) is 3.20. The maximum Gasteiger partial charge on any atom is 0.0934 e. The van der Waals surface area contributed by atoms with Gasteiger partial charge < -0.3 is 0 Å². The molecule has 1 aromatic carbocycles. The van der Waals surface area contributed by atoms with E-state index in [0.717, 1.165) is 19.8 Å². The van der Waals surface area contributed by atoms with Gasteiger partial charge in [-0.1, -0.05) is 35.3 Å². The molecule has 0 bridgehead atoms. The van der Waals surface area contributed by atoms with Gasteiger partial charge in [-0.2, -0.15) is 0 Å². The molecule has 1 heterocycles. The SMILES string of the molecule is Clc1cccc(-c2ccc(Cl)s2)c1. The number of benzene rings is 1. The van der Waals surface area contributed by atoms with E-state index in [-0.39, 0.29) is 0 Å². The second kappa shape index (κ2) is 3.70. The smallest absolute Gasteiger partial charge is 0.0934 e. The van der Waals surface area contributed by atoms with Gasteiger partial charge in [0.2, 0.25) is 0 Å². The number of hydrogen-bond donors (Lipinski definition) is 0. The summed E-state index contributed by atoms with van der Waals surface area (Å²) in [6.07, 6.45) is 0. The second-order valence-electron chi connectivity index (χ2n) is 2.61. The molecule has 13 heavy (non-hydrogen) atoms. The van der Waals surface area contributed by atoms with Crippen molar-refractivity contribution in [3.63, 3.8) is 0 Å². The predicted molar refractivity (Wildman–Crippen MR) is 59.8 cm³/mol. The van der Waals surface area contributed by atoms with E-state index in [2.05, 4.69) is 0 Å². The van der Waals surface area contributed by atoms with Crippen molar-refractivity contribution in [2.45, 2.75) is 0 Å². The van der Waals surface area contributed by atoms with E-state index in [1.165, 1.54) is 0 Å². The molecule has 0 atom stereocenters. The first-order valence-electron chi connectivity index (χ1n) is 3.77. The van der Waals surface area contributed by atoms with Crippen molar-refractivity contribution in [3.05, 3.63) is 45.8 Å². The molecule has 0 unspecified atom stereocenters. The largest absolute Gasteiger partial charge is 0.123 e. The van der Waals surface area contributed by atoms with Gasteiger partial charge in [0.05, 0.1) is 4.34 Å². The molecule has 3 heteroatoms. The van der Waals surface area contributed by atoms with E-state index in [9.17, 15) is 0 Å². The van der Waals surface area contributed by atoms with Crippen molar-refractivity contribution in [2.24, 2.45) is 0 Å². The van der Waals surface area contributed by atoms with E-state index in [1.54, 1.807) is 11.3 Å². The zero-order valence-corrected chi connectivity index (χ0v) is 8.96. The lowest BCUT2D eigenvalue weighted by Crippen LogP contribution is -1.70. The van der Waals surface area contributed by atoms with E-state index >= 15 is 0 Å². The molecule has 0 saturated carbocycles. The molecule has 0 N–H and O–H groups in total. The number of hydrogen-bond acceptors (Lipinski definition) is 1. The van der Waals surface area contributed by atoms with Gasteiger partial charge in [-0.15, -0.1) is 11.3 Å². The minimum absolute atomic E-state index is 0.752. The van der Waals surface area contributed by atoms with Crippen LogP contribution in [0, 0.1) is 0 Å². The summed E-state index contributed by atoms with van der Waals surface area (Å²) in [6, 6.07) is 11.6. The van der Waals surface area contributed by atoms with Crippen LogP contribution < -0.4 is 0 Å². The molecule has 2 aromatic rings. The van der Waals surface area contributed by atoms with Crippen molar-refractivity contribution in [1.29, 1.82) is 0 Å². The number of thiophene rings is 1. The van der Waals surface area contributed by atoms with Crippen LogP contribution in [0.15, 0.2) is 36.4 Å². The van der Waals surface area contributed by atoms with Crippen LogP contribution in [0.1, 0.15) is 0 Å². The zero-order chi connectivity index (χ0) is 9.26. The molecular formula is C10H6Cl2S. The average Bonchev–Trinajstić information content (AvgIpc) is 2.52. The van der Waals surface area contributed by atoms with E-state index in [4.69, 9.17) is 23.2 Å². The fourth-order valence-corrected chi connectivity index (χ4v) is 2.34. The van der Waals surface area contributed by atoms with E-state index < -0.39 is 0 Å². The lowest BCUT2D eigenvalue weighted by Gasteiger charge is -1.96. The molecule has 0 spiro atoms. The van der Waals surface area contributed by atoms with Gasteiger partial charge >= 0.3 is 0 Å². The van der Waals surface area contributed by atoms with Crippen LogP contribution in [0.2, 0.25) is 9.36 Å². The van der Waals surface area contributed by atoms with Crippen molar-refractivity contribution in [1.82, 2.24) is 0 Å². The van der Waals surface area contributed by atoms with Gasteiger partial charge in [0.1, 0.15) is 0 Å². The third kappa shape index (κ3) is 2.05. The highest BCUT2D eigenvalue weighted by atomic mass is 35.5. The molecule has 0 aliphatic carbocycles. The minimum atomic E-state index is 0.752. The average molecular weight is 229 g/mol. The van der Waals surface area contributed by atoms with Gasteiger partial charge in [-0.3, -0.25) is 0 Å². The van der Waals surface area contributed by atoms with Crippen molar-refractivity contribution in [3.8, 4) is 10.4 Å². The molecule has 0 radical (unpaired) electrons. The summed E-state index contributed by atoms with van der Waals surface area (Å²) in [5.74, 6) is 0. The molecule has 1 aromatic heterocycles. The van der Waals surface area contributed by atoms with Crippen LogP contribution in [-0.2, 0) is 0 Å². The first-order chi connectivity index (χ1) is 6.25. The fourth-order valence-electron chi connectivity index (χ4n) is 1.11. The highest BCUT2D eigenvalue weighted by molar-refractivity contribution is 7.19. The van der Waals surface area contributed by atoms with Gasteiger partial charge in [0.25, 0.3) is 0 Å². The lowest BCUT2D eigenvalue weighted by atomic mass is 10.2. The molecule has 0 fully saturated rings. The minimum Gasteiger partial charge on any atom is -0.123 e. The molecule has 0 aliphatic rings. The topological polar surface area (TPSA) is 0 Å². The Morgan fingerprint density at radius 3 is 2.46 bits per heavy atom. The number of rotatable bonds is 1. The maximum absolute atomic E-state index is 5.87. The summed E-state index contributed by atoms with van der Waals surface area (Å²) in [4.78, 5) is 1.15. The van der Waals surface area contributed by atoms with Crippen molar-refractivity contribution in [2.75, 3.05) is 0 Å². The van der Waals surface area contributed by atoms with Crippen LogP contribution in [-0.4, -0.2) is 0 Å². The lowest BCUT2D eigenvalue weighted by molar-refractivity contribution is 1.70. The molecular weight excluding hydrogens is 223 g/mol. The van der Waals surface area contributed by atoms with Gasteiger partial charge in [0, 0.05) is 9.90 Å². The number of halogens is 2. The second-order valence-corrected chi connectivity index (χ2v) is 4.77. The molecule has 2 rings (SSSR count). The summed E-state index contributed by atoms with van der Waals surface area (Å²) >= 11 is 13.3. The summed E-state index contributed by atoms with van der Waals surface area (Å²) < 4.78 is 0.801. The fraction of sp³-hybridized carbons (Fsp3) is 0. The standard InChI is InChI=1S/C10H6Cl2S/c11-8-3-1-2-7(6-8)9-4-5-10(12)13-9/h1-6H. The molecule has 0 saturated heterocycles. The Morgan fingerprint density at radius 2 is 1.85 bits per heavy atom. The maximum atomic E-state index is 5.87. The molecule has 66 valence electrons. The Bertz CT molecular complexity index is 420. The Balaban J connectivity index is 2.46. The van der Waals surface area contributed by atoms with Crippen molar-refractivity contribution >= 4 is 34.5 Å². The zero-order valence-electron chi connectivity index (χ0n) is 6.63. The Kier molecular flexibility index (Phi) is 2.58. The molecule has 0 nitrogen and oxygen atoms in total. The highest BCUT2D eigenvalue weighted by Gasteiger charge is 2.01. The Morgan fingerprint density at radius 1 is 1.00 bits per heavy atom. The third-order valence-electron chi connectivity index (χ3n) is 1.68. The van der Waals surface area contributed by atoms with Crippen LogP contribution in [0.3, 0.4) is 0 Å². The summed E-state index contributed by atoms with van der Waals surface area (Å²) in [6.45, 7) is 0. The van der Waals surface area contributed by atoms with Gasteiger partial charge in [-0.05, 0) is 29.8 Å². The van der Waals surface area contributed by atoms with E-state index in [1.807, 2.05) is 36.4 Å². The predicted octanol–water partition coefficient (Wildman–Crippen LogP) is 4.72. The Hall–Kier alpha value is -0.500. The van der Waals surface area contributed by atoms with Crippen LogP contribution in [0.25, 0.3) is 10.4 Å². The Labute approximate surface area is 90.7 Å². The van der Waals surface area contributed by atoms with Crippen LogP contribution in [0.5, 0.6) is 0 Å². The van der Waals surface area contributed by atoms with Crippen LogP contribution >= 0.6 is 34.5 Å². The van der Waals surface area contributed by atoms with Crippen molar-refractivity contribution < 1.29 is 0 Å². The van der Waals surface area contributed by atoms with Gasteiger partial charge in [0.15, 0.2) is 0 Å².